The number of fused-ring (bicyclic) bond motifs is 1. The first-order valence-corrected chi connectivity index (χ1v) is 9.32. The van der Waals surface area contributed by atoms with Crippen LogP contribution in [0.4, 0.5) is 0 Å². The van der Waals surface area contributed by atoms with Crippen LogP contribution in [-0.4, -0.2) is 21.0 Å². The Bertz CT molecular complexity index is 1080. The number of aromatic carboxylic acids is 1. The summed E-state index contributed by atoms with van der Waals surface area (Å²) >= 11 is 3.23. The molecule has 0 amide bonds. The van der Waals surface area contributed by atoms with Crippen LogP contribution in [0.15, 0.2) is 52.5 Å². The Labute approximate surface area is 151 Å². The molecule has 0 aliphatic heterocycles. The van der Waals surface area contributed by atoms with E-state index >= 15 is 0 Å². The molecule has 0 saturated heterocycles. The molecule has 0 radical (unpaired) electrons. The first kappa shape index (κ1) is 15.7. The zero-order valence-electron chi connectivity index (χ0n) is 12.9. The van der Waals surface area contributed by atoms with Gasteiger partial charge in [-0.3, -0.25) is 0 Å². The van der Waals surface area contributed by atoms with Crippen LogP contribution in [0.25, 0.3) is 33.6 Å². The first-order chi connectivity index (χ1) is 12.2. The van der Waals surface area contributed by atoms with E-state index in [1.54, 1.807) is 40.9 Å². The van der Waals surface area contributed by atoms with Gasteiger partial charge in [-0.25, -0.2) is 14.8 Å². The van der Waals surface area contributed by atoms with Gasteiger partial charge in [0.1, 0.15) is 5.01 Å². The molecular weight excluding hydrogens is 352 g/mol. The van der Waals surface area contributed by atoms with E-state index in [-0.39, 0.29) is 5.56 Å². The molecule has 3 aromatic heterocycles. The Kier molecular flexibility index (Phi) is 4.13. The largest absolute Gasteiger partial charge is 0.478 e. The standard InChI is InChI=1S/C19H12N2O2S2/c22-19(23)16-9-13(20-17-4-2-1-3-15(16)17)5-6-14-11-25-18(21-14)12-7-8-24-10-12/h1-11H,(H,22,23)/b6-5+. The molecule has 6 heteroatoms. The summed E-state index contributed by atoms with van der Waals surface area (Å²) in [5.41, 5.74) is 3.47. The second-order valence-corrected chi connectivity index (χ2v) is 6.98. The van der Waals surface area contributed by atoms with Crippen molar-refractivity contribution >= 4 is 51.7 Å². The highest BCUT2D eigenvalue weighted by Crippen LogP contribution is 2.26. The zero-order chi connectivity index (χ0) is 17.2. The van der Waals surface area contributed by atoms with E-state index in [4.69, 9.17) is 0 Å². The predicted molar refractivity (Wildman–Crippen MR) is 103 cm³/mol. The van der Waals surface area contributed by atoms with Crippen molar-refractivity contribution in [2.24, 2.45) is 0 Å². The number of rotatable bonds is 4. The molecule has 0 saturated carbocycles. The number of pyridine rings is 1. The molecule has 122 valence electrons. The van der Waals surface area contributed by atoms with E-state index in [1.807, 2.05) is 41.1 Å². The normalized spacial score (nSPS) is 11.4. The minimum atomic E-state index is -0.957. The highest BCUT2D eigenvalue weighted by molar-refractivity contribution is 7.14. The van der Waals surface area contributed by atoms with Crippen LogP contribution in [0.2, 0.25) is 0 Å². The van der Waals surface area contributed by atoms with E-state index in [0.717, 1.165) is 16.3 Å². The van der Waals surface area contributed by atoms with Gasteiger partial charge in [0.2, 0.25) is 0 Å². The molecule has 4 nitrogen and oxygen atoms in total. The number of thiazole rings is 1. The van der Waals surface area contributed by atoms with Crippen molar-refractivity contribution in [2.45, 2.75) is 0 Å². The third kappa shape index (κ3) is 3.22. The number of carboxylic acids is 1. The van der Waals surface area contributed by atoms with Crippen molar-refractivity contribution in [3.05, 3.63) is 69.5 Å². The fourth-order valence-corrected chi connectivity index (χ4v) is 4.01. The Morgan fingerprint density at radius 1 is 1.04 bits per heavy atom. The molecule has 4 rings (SSSR count). The average Bonchev–Trinajstić information content (AvgIpc) is 3.30. The number of hydrogen-bond donors (Lipinski definition) is 1. The van der Waals surface area contributed by atoms with Gasteiger partial charge in [-0.05, 0) is 35.7 Å². The van der Waals surface area contributed by atoms with Gasteiger partial charge in [0.25, 0.3) is 0 Å². The molecule has 25 heavy (non-hydrogen) atoms. The fourth-order valence-electron chi connectivity index (χ4n) is 2.51. The summed E-state index contributed by atoms with van der Waals surface area (Å²) in [6, 6.07) is 10.9. The summed E-state index contributed by atoms with van der Waals surface area (Å²) in [7, 11) is 0. The highest BCUT2D eigenvalue weighted by Gasteiger charge is 2.10. The summed E-state index contributed by atoms with van der Waals surface area (Å²) in [6.07, 6.45) is 3.65. The van der Waals surface area contributed by atoms with Crippen molar-refractivity contribution in [3.63, 3.8) is 0 Å². The monoisotopic (exact) mass is 364 g/mol. The molecular formula is C19H12N2O2S2. The molecule has 1 aromatic carbocycles. The number of aromatic nitrogens is 2. The van der Waals surface area contributed by atoms with Crippen molar-refractivity contribution in [2.75, 3.05) is 0 Å². The summed E-state index contributed by atoms with van der Waals surface area (Å²) < 4.78 is 0. The lowest BCUT2D eigenvalue weighted by molar-refractivity contribution is 0.0699. The second kappa shape index (κ2) is 6.58. The minimum Gasteiger partial charge on any atom is -0.478 e. The SMILES string of the molecule is O=C(O)c1cc(/C=C/c2csc(-c3ccsc3)n2)nc2ccccc12. The second-order valence-electron chi connectivity index (χ2n) is 5.34. The van der Waals surface area contributed by atoms with Crippen LogP contribution in [0.3, 0.4) is 0 Å². The maximum Gasteiger partial charge on any atom is 0.336 e. The third-order valence-electron chi connectivity index (χ3n) is 3.68. The molecule has 0 fully saturated rings. The Balaban J connectivity index is 1.68. The lowest BCUT2D eigenvalue weighted by Crippen LogP contribution is -2.00. The van der Waals surface area contributed by atoms with E-state index in [2.05, 4.69) is 15.3 Å². The van der Waals surface area contributed by atoms with Crippen LogP contribution in [-0.2, 0) is 0 Å². The van der Waals surface area contributed by atoms with Gasteiger partial charge in [-0.2, -0.15) is 11.3 Å². The molecule has 0 aliphatic rings. The molecule has 0 aliphatic carbocycles. The van der Waals surface area contributed by atoms with Crippen LogP contribution >= 0.6 is 22.7 Å². The van der Waals surface area contributed by atoms with E-state index in [0.29, 0.717) is 16.6 Å². The molecule has 0 unspecified atom stereocenters. The van der Waals surface area contributed by atoms with Gasteiger partial charge < -0.3 is 5.11 Å². The molecule has 1 N–H and O–H groups in total. The maximum absolute atomic E-state index is 11.5. The van der Waals surface area contributed by atoms with Gasteiger partial charge in [0.15, 0.2) is 0 Å². The molecule has 0 bridgehead atoms. The quantitative estimate of drug-likeness (QED) is 0.534. The van der Waals surface area contributed by atoms with Crippen molar-refractivity contribution < 1.29 is 9.90 Å². The van der Waals surface area contributed by atoms with Gasteiger partial charge in [0, 0.05) is 21.7 Å². The lowest BCUT2D eigenvalue weighted by atomic mass is 10.1. The summed E-state index contributed by atoms with van der Waals surface area (Å²) in [4.78, 5) is 20.6. The Morgan fingerprint density at radius 3 is 2.68 bits per heavy atom. The number of para-hydroxylation sites is 1. The average molecular weight is 364 g/mol. The smallest absolute Gasteiger partial charge is 0.336 e. The number of nitrogens with zero attached hydrogens (tertiary/aromatic N) is 2. The molecule has 3 heterocycles. The number of benzene rings is 1. The lowest BCUT2D eigenvalue weighted by Gasteiger charge is -2.03. The van der Waals surface area contributed by atoms with Crippen LogP contribution < -0.4 is 0 Å². The number of carboxylic acid groups (broad SMARTS) is 1. The number of carbonyl (C=O) groups is 1. The van der Waals surface area contributed by atoms with E-state index in [1.165, 1.54) is 0 Å². The highest BCUT2D eigenvalue weighted by atomic mass is 32.1. The first-order valence-electron chi connectivity index (χ1n) is 7.50. The zero-order valence-corrected chi connectivity index (χ0v) is 14.6. The summed E-state index contributed by atoms with van der Waals surface area (Å²) in [5.74, 6) is -0.957. The van der Waals surface area contributed by atoms with Gasteiger partial charge in [-0.1, -0.05) is 18.2 Å². The Hall–Kier alpha value is -2.83. The van der Waals surface area contributed by atoms with Gasteiger partial charge in [-0.15, -0.1) is 11.3 Å². The van der Waals surface area contributed by atoms with Crippen molar-refractivity contribution in [3.8, 4) is 10.6 Å². The van der Waals surface area contributed by atoms with Crippen LogP contribution in [0.5, 0.6) is 0 Å². The van der Waals surface area contributed by atoms with Crippen molar-refractivity contribution in [1.29, 1.82) is 0 Å². The summed E-state index contributed by atoms with van der Waals surface area (Å²) in [5, 5.41) is 17.1. The van der Waals surface area contributed by atoms with Crippen LogP contribution in [0.1, 0.15) is 21.7 Å². The van der Waals surface area contributed by atoms with Gasteiger partial charge >= 0.3 is 5.97 Å². The minimum absolute atomic E-state index is 0.252. The number of hydrogen-bond acceptors (Lipinski definition) is 5. The van der Waals surface area contributed by atoms with Crippen LogP contribution in [0, 0.1) is 0 Å². The summed E-state index contributed by atoms with van der Waals surface area (Å²) in [6.45, 7) is 0. The number of thiophene rings is 1. The topological polar surface area (TPSA) is 63.1 Å². The molecule has 4 aromatic rings. The third-order valence-corrected chi connectivity index (χ3v) is 5.27. The van der Waals surface area contributed by atoms with Gasteiger partial charge in [0.05, 0.1) is 22.5 Å². The molecule has 0 atom stereocenters. The van der Waals surface area contributed by atoms with E-state index < -0.39 is 5.97 Å². The maximum atomic E-state index is 11.5. The predicted octanol–water partition coefficient (Wildman–Crippen LogP) is 5.29. The fraction of sp³-hybridized carbons (Fsp3) is 0. The Morgan fingerprint density at radius 2 is 1.88 bits per heavy atom. The van der Waals surface area contributed by atoms with E-state index in [9.17, 15) is 9.90 Å². The van der Waals surface area contributed by atoms with Crippen molar-refractivity contribution in [1.82, 2.24) is 9.97 Å². The molecule has 0 spiro atoms.